The van der Waals surface area contributed by atoms with Crippen molar-refractivity contribution < 1.29 is 42.1 Å². The number of unbranched alkanes of at least 4 members (excludes halogenated alkanes) is 12. The lowest BCUT2D eigenvalue weighted by Gasteiger charge is -2.24. The Morgan fingerprint density at radius 3 is 1.38 bits per heavy atom. The number of hydrogen-bond acceptors (Lipinski definition) is 7. The van der Waals surface area contributed by atoms with Crippen LogP contribution in [0.3, 0.4) is 0 Å². The molecule has 328 valence electrons. The molecule has 0 heterocycles. The molecule has 0 saturated carbocycles. The number of phosphoric ester groups is 1. The molecule has 0 aliphatic carbocycles. The van der Waals surface area contributed by atoms with Crippen LogP contribution in [-0.4, -0.2) is 74.9 Å². The van der Waals surface area contributed by atoms with Crippen molar-refractivity contribution in [3.05, 3.63) is 109 Å². The minimum absolute atomic E-state index is 0.0167. The summed E-state index contributed by atoms with van der Waals surface area (Å²) >= 11 is 0. The normalized spacial score (nSPS) is 14.7. The molecule has 0 amide bonds. The van der Waals surface area contributed by atoms with E-state index in [1.165, 1.54) is 6.42 Å². The fourth-order valence-corrected chi connectivity index (χ4v) is 5.90. The van der Waals surface area contributed by atoms with Crippen molar-refractivity contribution in [3.8, 4) is 0 Å². The SMILES string of the molecule is CC/C=C/C=C/C=C/C=C/C=C/CCCCCCCC(=O)OC[C@H](COP(=O)(O)OCC[N+](C)(C)C)OC(=O)CCCCCCCCC/C=C/C=C/C=C/C=C/CC. The maximum atomic E-state index is 12.7. The number of quaternary nitrogens is 1. The number of ether oxygens (including phenoxy) is 2. The van der Waals surface area contributed by atoms with Gasteiger partial charge in [-0.15, -0.1) is 0 Å². The smallest absolute Gasteiger partial charge is 0.462 e. The molecule has 1 unspecified atom stereocenters. The maximum Gasteiger partial charge on any atom is 0.472 e. The molecule has 10 heteroatoms. The fourth-order valence-electron chi connectivity index (χ4n) is 5.16. The lowest BCUT2D eigenvalue weighted by Crippen LogP contribution is -2.37. The summed E-state index contributed by atoms with van der Waals surface area (Å²) in [6.07, 6.45) is 52.7. The number of carbonyl (C=O) groups excluding carboxylic acids is 2. The molecule has 1 N–H and O–H groups in total. The number of hydrogen-bond donors (Lipinski definition) is 1. The Labute approximate surface area is 353 Å². The van der Waals surface area contributed by atoms with E-state index in [0.717, 1.165) is 83.5 Å². The average Bonchev–Trinajstić information content (AvgIpc) is 3.17. The van der Waals surface area contributed by atoms with Crippen LogP contribution in [0.1, 0.15) is 129 Å². The van der Waals surface area contributed by atoms with Gasteiger partial charge < -0.3 is 18.9 Å². The van der Waals surface area contributed by atoms with Gasteiger partial charge in [0.1, 0.15) is 19.8 Å². The van der Waals surface area contributed by atoms with E-state index >= 15 is 0 Å². The molecule has 0 fully saturated rings. The lowest BCUT2D eigenvalue weighted by atomic mass is 10.1. The van der Waals surface area contributed by atoms with Crippen molar-refractivity contribution in [2.45, 2.75) is 136 Å². The lowest BCUT2D eigenvalue weighted by molar-refractivity contribution is -0.870. The van der Waals surface area contributed by atoms with Crippen LogP contribution in [-0.2, 0) is 32.7 Å². The summed E-state index contributed by atoms with van der Waals surface area (Å²) in [7, 11) is 1.42. The van der Waals surface area contributed by atoms with Crippen LogP contribution in [0, 0.1) is 0 Å². The van der Waals surface area contributed by atoms with E-state index in [9.17, 15) is 19.0 Å². The van der Waals surface area contributed by atoms with Gasteiger partial charge in [0, 0.05) is 12.8 Å². The van der Waals surface area contributed by atoms with E-state index in [2.05, 4.69) is 62.5 Å². The zero-order chi connectivity index (χ0) is 42.8. The molecule has 9 nitrogen and oxygen atoms in total. The minimum atomic E-state index is -4.39. The van der Waals surface area contributed by atoms with Crippen molar-refractivity contribution in [2.24, 2.45) is 0 Å². The molecule has 0 aromatic heterocycles. The monoisotopic (exact) mass is 829 g/mol. The highest BCUT2D eigenvalue weighted by atomic mass is 31.2. The standard InChI is InChI=1S/C48H78NO8P/c1-6-8-10-12-14-16-18-20-22-24-26-28-30-32-34-36-38-40-47(50)54-44-46(45-56-58(52,53)55-43-42-49(3,4)5)57-48(51)41-39-37-35-33-31-29-27-25-23-21-19-17-15-13-11-9-7-2/h8-24,26,46H,6-7,25,27-45H2,1-5H3/p+1/b10-8+,11-9+,14-12+,15-13+,18-16+,19-17+,22-20+,23-21+,26-24+/t46-/m1/s1. The van der Waals surface area contributed by atoms with Gasteiger partial charge in [-0.1, -0.05) is 175 Å². The molecular weight excluding hydrogens is 750 g/mol. The highest BCUT2D eigenvalue weighted by Crippen LogP contribution is 2.43. The topological polar surface area (TPSA) is 108 Å². The Kier molecular flexibility index (Phi) is 36.9. The second kappa shape index (κ2) is 39.1. The van der Waals surface area contributed by atoms with E-state index in [1.807, 2.05) is 81.9 Å². The largest absolute Gasteiger partial charge is 0.472 e. The molecule has 0 aromatic carbocycles. The number of likely N-dealkylation sites (N-methyl/N-ethyl adjacent to an activating group) is 1. The van der Waals surface area contributed by atoms with E-state index in [0.29, 0.717) is 23.9 Å². The third kappa shape index (κ3) is 42.3. The molecule has 0 aliphatic rings. The molecule has 0 saturated heterocycles. The van der Waals surface area contributed by atoms with Crippen LogP contribution in [0.25, 0.3) is 0 Å². The molecule has 2 atom stereocenters. The second-order valence-electron chi connectivity index (χ2n) is 15.2. The summed E-state index contributed by atoms with van der Waals surface area (Å²) in [6, 6.07) is 0. The van der Waals surface area contributed by atoms with Gasteiger partial charge in [-0.05, 0) is 51.4 Å². The first-order valence-corrected chi connectivity index (χ1v) is 23.2. The Morgan fingerprint density at radius 2 is 0.931 bits per heavy atom. The van der Waals surface area contributed by atoms with Crippen LogP contribution < -0.4 is 0 Å². The zero-order valence-electron chi connectivity index (χ0n) is 36.7. The molecule has 0 aromatic rings. The van der Waals surface area contributed by atoms with Crippen LogP contribution in [0.5, 0.6) is 0 Å². The summed E-state index contributed by atoms with van der Waals surface area (Å²) in [6.45, 7) is 4.06. The van der Waals surface area contributed by atoms with Crippen molar-refractivity contribution >= 4 is 19.8 Å². The highest BCUT2D eigenvalue weighted by Gasteiger charge is 2.27. The molecular formula is C48H79NO8P+. The first-order valence-electron chi connectivity index (χ1n) is 21.7. The highest BCUT2D eigenvalue weighted by molar-refractivity contribution is 7.47. The molecule has 0 rings (SSSR count). The molecule has 0 bridgehead atoms. The van der Waals surface area contributed by atoms with E-state index in [1.54, 1.807) is 0 Å². The first kappa shape index (κ1) is 54.7. The van der Waals surface area contributed by atoms with Gasteiger partial charge in [0.2, 0.25) is 0 Å². The second-order valence-corrected chi connectivity index (χ2v) is 16.6. The predicted octanol–water partition coefficient (Wildman–Crippen LogP) is 12.3. The number of rotatable bonds is 37. The van der Waals surface area contributed by atoms with Crippen LogP contribution >= 0.6 is 7.82 Å². The molecule has 0 spiro atoms. The van der Waals surface area contributed by atoms with Gasteiger partial charge in [-0.3, -0.25) is 18.6 Å². The van der Waals surface area contributed by atoms with Crippen LogP contribution in [0.4, 0.5) is 0 Å². The Morgan fingerprint density at radius 1 is 0.534 bits per heavy atom. The van der Waals surface area contributed by atoms with E-state index in [4.69, 9.17) is 18.5 Å². The number of nitrogens with zero attached hydrogens (tertiary/aromatic N) is 1. The van der Waals surface area contributed by atoms with Crippen LogP contribution in [0.2, 0.25) is 0 Å². The third-order valence-corrected chi connectivity index (χ3v) is 9.51. The average molecular weight is 829 g/mol. The van der Waals surface area contributed by atoms with Crippen molar-refractivity contribution in [3.63, 3.8) is 0 Å². The summed E-state index contributed by atoms with van der Waals surface area (Å²) in [5.74, 6) is -0.858. The third-order valence-electron chi connectivity index (χ3n) is 8.52. The zero-order valence-corrected chi connectivity index (χ0v) is 37.6. The molecule has 0 radical (unpaired) electrons. The van der Waals surface area contributed by atoms with Crippen molar-refractivity contribution in [2.75, 3.05) is 47.5 Å². The molecule has 0 aliphatic heterocycles. The summed E-state index contributed by atoms with van der Waals surface area (Å²) in [5, 5.41) is 0. The van der Waals surface area contributed by atoms with Gasteiger partial charge in [0.25, 0.3) is 0 Å². The van der Waals surface area contributed by atoms with Crippen molar-refractivity contribution in [1.82, 2.24) is 0 Å². The number of esters is 2. The number of phosphoric acid groups is 1. The minimum Gasteiger partial charge on any atom is -0.462 e. The van der Waals surface area contributed by atoms with Crippen LogP contribution in [0.15, 0.2) is 109 Å². The van der Waals surface area contributed by atoms with Gasteiger partial charge >= 0.3 is 19.8 Å². The van der Waals surface area contributed by atoms with Gasteiger partial charge in [-0.25, -0.2) is 4.57 Å². The number of carbonyl (C=O) groups is 2. The van der Waals surface area contributed by atoms with Gasteiger partial charge in [0.05, 0.1) is 27.7 Å². The maximum absolute atomic E-state index is 12.7. The summed E-state index contributed by atoms with van der Waals surface area (Å²) in [5.41, 5.74) is 0. The Hall–Kier alpha value is -3.33. The van der Waals surface area contributed by atoms with Gasteiger partial charge in [0.15, 0.2) is 6.10 Å². The Bertz CT molecular complexity index is 1350. The Balaban J connectivity index is 4.47. The summed E-state index contributed by atoms with van der Waals surface area (Å²) in [4.78, 5) is 35.4. The first-order chi connectivity index (χ1) is 28.0. The number of allylic oxidation sites excluding steroid dienone is 18. The van der Waals surface area contributed by atoms with Gasteiger partial charge in [-0.2, -0.15) is 0 Å². The fraction of sp³-hybridized carbons (Fsp3) is 0.583. The molecule has 58 heavy (non-hydrogen) atoms. The quantitative estimate of drug-likeness (QED) is 0.0217. The van der Waals surface area contributed by atoms with E-state index in [-0.39, 0.29) is 26.1 Å². The summed E-state index contributed by atoms with van der Waals surface area (Å²) < 4.78 is 34.3. The predicted molar refractivity (Wildman–Crippen MR) is 242 cm³/mol. The van der Waals surface area contributed by atoms with Crippen molar-refractivity contribution in [1.29, 1.82) is 0 Å². The van der Waals surface area contributed by atoms with E-state index < -0.39 is 32.5 Å².